The number of nitrogens with one attached hydrogen (secondary N) is 4. The molecule has 0 aromatic heterocycles. The summed E-state index contributed by atoms with van der Waals surface area (Å²) in [6.07, 6.45) is 0.275. The van der Waals surface area contributed by atoms with E-state index in [0.717, 1.165) is 15.4 Å². The van der Waals surface area contributed by atoms with Gasteiger partial charge in [0.2, 0.25) is 17.7 Å². The number of fused-ring (bicyclic) bond motifs is 1. The van der Waals surface area contributed by atoms with Crippen LogP contribution in [-0.4, -0.2) is 75.2 Å². The molecule has 12 bridgehead atoms. The van der Waals surface area contributed by atoms with Gasteiger partial charge >= 0.3 is 0 Å². The molecule has 8 amide bonds. The van der Waals surface area contributed by atoms with E-state index in [9.17, 15) is 38.4 Å². The molecular formula is C44H44N6O8. The maximum absolute atomic E-state index is 13.9. The summed E-state index contributed by atoms with van der Waals surface area (Å²) in [7, 11) is 0. The van der Waals surface area contributed by atoms with Crippen LogP contribution in [0, 0.1) is 11.8 Å². The van der Waals surface area contributed by atoms with E-state index in [4.69, 9.17) is 0 Å². The second-order valence-corrected chi connectivity index (χ2v) is 15.8. The van der Waals surface area contributed by atoms with Gasteiger partial charge in [-0.3, -0.25) is 48.2 Å². The highest BCUT2D eigenvalue weighted by Gasteiger charge is 2.40. The maximum atomic E-state index is 13.9. The molecule has 58 heavy (non-hydrogen) atoms. The Kier molecular flexibility index (Phi) is 10.7. The summed E-state index contributed by atoms with van der Waals surface area (Å²) in [5.41, 5.74) is 2.91. The van der Waals surface area contributed by atoms with Crippen LogP contribution in [0.2, 0.25) is 0 Å². The van der Waals surface area contributed by atoms with Gasteiger partial charge in [0.25, 0.3) is 29.5 Å². The Labute approximate surface area is 334 Å². The average molecular weight is 785 g/mol. The summed E-state index contributed by atoms with van der Waals surface area (Å²) in [4.78, 5) is 112. The minimum atomic E-state index is -1.01. The molecule has 0 fully saturated rings. The Morgan fingerprint density at radius 3 is 1.45 bits per heavy atom. The Balaban J connectivity index is 1.23. The van der Waals surface area contributed by atoms with Crippen molar-refractivity contribution < 1.29 is 38.4 Å². The number of benzene rings is 4. The third-order valence-electron chi connectivity index (χ3n) is 10.8. The van der Waals surface area contributed by atoms with E-state index in [2.05, 4.69) is 21.3 Å². The molecule has 298 valence electrons. The minimum absolute atomic E-state index is 0.00202. The van der Waals surface area contributed by atoms with Gasteiger partial charge in [0.1, 0.15) is 18.1 Å². The highest BCUT2D eigenvalue weighted by atomic mass is 16.2. The molecule has 0 spiro atoms. The summed E-state index contributed by atoms with van der Waals surface area (Å²) in [5, 5.41) is 11.6. The van der Waals surface area contributed by atoms with Crippen LogP contribution < -0.4 is 21.3 Å². The Bertz CT molecular complexity index is 2330. The minimum Gasteiger partial charge on any atom is -0.350 e. The van der Waals surface area contributed by atoms with E-state index in [1.165, 1.54) is 36.4 Å². The van der Waals surface area contributed by atoms with Gasteiger partial charge in [0, 0.05) is 45.1 Å². The van der Waals surface area contributed by atoms with Crippen molar-refractivity contribution >= 4 is 58.0 Å². The van der Waals surface area contributed by atoms with Crippen LogP contribution in [0.1, 0.15) is 110 Å². The molecular weight excluding hydrogens is 741 g/mol. The fourth-order valence-corrected chi connectivity index (χ4v) is 7.60. The Morgan fingerprint density at radius 1 is 0.552 bits per heavy atom. The highest BCUT2D eigenvalue weighted by molar-refractivity contribution is 6.33. The second-order valence-electron chi connectivity index (χ2n) is 15.8. The van der Waals surface area contributed by atoms with Crippen LogP contribution in [0.3, 0.4) is 0 Å². The van der Waals surface area contributed by atoms with Gasteiger partial charge < -0.3 is 21.3 Å². The molecule has 11 aliphatic rings. The van der Waals surface area contributed by atoms with Crippen molar-refractivity contribution in [1.29, 1.82) is 0 Å². The molecule has 4 aromatic rings. The Hall–Kier alpha value is -6.70. The molecule has 4 N–H and O–H groups in total. The fourth-order valence-electron chi connectivity index (χ4n) is 7.60. The van der Waals surface area contributed by atoms with Gasteiger partial charge in [-0.05, 0) is 78.3 Å². The van der Waals surface area contributed by atoms with E-state index in [-0.39, 0.29) is 76.5 Å². The molecule has 14 heteroatoms. The predicted molar refractivity (Wildman–Crippen MR) is 212 cm³/mol. The first-order valence-corrected chi connectivity index (χ1v) is 19.3. The van der Waals surface area contributed by atoms with Crippen molar-refractivity contribution in [2.24, 2.45) is 11.8 Å². The zero-order chi connectivity index (χ0) is 41.6. The smallest absolute Gasteiger partial charge is 0.261 e. The largest absolute Gasteiger partial charge is 0.350 e. The van der Waals surface area contributed by atoms with Crippen LogP contribution in [0.25, 0.3) is 10.8 Å². The van der Waals surface area contributed by atoms with E-state index in [1.54, 1.807) is 57.2 Å². The van der Waals surface area contributed by atoms with E-state index in [0.29, 0.717) is 11.1 Å². The lowest BCUT2D eigenvalue weighted by Crippen LogP contribution is -2.57. The highest BCUT2D eigenvalue weighted by Crippen LogP contribution is 2.38. The zero-order valence-corrected chi connectivity index (χ0v) is 32.8. The summed E-state index contributed by atoms with van der Waals surface area (Å²) in [6, 6.07) is 16.3. The molecule has 0 saturated heterocycles. The Morgan fingerprint density at radius 2 is 1.00 bits per heavy atom. The van der Waals surface area contributed by atoms with E-state index in [1.807, 2.05) is 13.8 Å². The lowest BCUT2D eigenvalue weighted by molar-refractivity contribution is -0.133. The normalized spacial score (nSPS) is 20.6. The van der Waals surface area contributed by atoms with E-state index < -0.39 is 65.4 Å². The monoisotopic (exact) mass is 784 g/mol. The van der Waals surface area contributed by atoms with Gasteiger partial charge in [-0.1, -0.05) is 64.1 Å². The van der Waals surface area contributed by atoms with Crippen LogP contribution in [0.4, 0.5) is 0 Å². The number of carbonyl (C=O) groups is 8. The number of imide groups is 2. The van der Waals surface area contributed by atoms with Crippen LogP contribution in [-0.2, 0) is 34.0 Å². The first kappa shape index (κ1) is 39.5. The fraction of sp³-hybridized carbons (Fsp3) is 0.318. The standard InChI is InChI=1S/C44H44N6O8/c1-22(2)18-33-39(53)46-24(5)37(51)45-19-25-6-8-26(9-7-25)20-49-41(55)29-14-16-31-35-32(17-15-30(34(29)35)42(49)56)44(58)50(43(31)57)21-27-10-12-28(13-11-27)38(52)48-36(23(3)4)40(54)47-33/h6-17,22-24,33,36H,18-21H2,1-5H3,(H,45,51)(H,46,53)(H,47,54)(H,48,52)/t24-,33-,36-/m0/s1. The summed E-state index contributed by atoms with van der Waals surface area (Å²) in [5.74, 6) is -4.78. The third kappa shape index (κ3) is 7.44. The van der Waals surface area contributed by atoms with Crippen LogP contribution in [0.15, 0.2) is 72.8 Å². The molecule has 15 rings (SSSR count). The molecule has 0 radical (unpaired) electrons. The zero-order valence-electron chi connectivity index (χ0n) is 32.8. The third-order valence-corrected chi connectivity index (χ3v) is 10.8. The number of hydrogen-bond acceptors (Lipinski definition) is 8. The first-order valence-electron chi connectivity index (χ1n) is 19.3. The van der Waals surface area contributed by atoms with Gasteiger partial charge in [-0.15, -0.1) is 0 Å². The topological polar surface area (TPSA) is 191 Å². The van der Waals surface area contributed by atoms with Crippen molar-refractivity contribution in [1.82, 2.24) is 31.1 Å². The molecule has 14 nitrogen and oxygen atoms in total. The van der Waals surface area contributed by atoms with Crippen molar-refractivity contribution in [2.45, 2.75) is 78.8 Å². The molecule has 3 atom stereocenters. The molecule has 4 aromatic carbocycles. The summed E-state index contributed by atoms with van der Waals surface area (Å²) < 4.78 is 0. The van der Waals surface area contributed by atoms with Crippen molar-refractivity contribution in [3.8, 4) is 0 Å². The van der Waals surface area contributed by atoms with Gasteiger partial charge in [-0.25, -0.2) is 0 Å². The maximum Gasteiger partial charge on any atom is 0.261 e. The lowest BCUT2D eigenvalue weighted by Gasteiger charge is -2.32. The quantitative estimate of drug-likeness (QED) is 0.225. The molecule has 0 saturated carbocycles. The molecule has 11 heterocycles. The number of hydrogen-bond donors (Lipinski definition) is 4. The van der Waals surface area contributed by atoms with Crippen molar-refractivity contribution in [2.75, 3.05) is 0 Å². The van der Waals surface area contributed by atoms with E-state index >= 15 is 0 Å². The predicted octanol–water partition coefficient (Wildman–Crippen LogP) is 3.85. The van der Waals surface area contributed by atoms with Crippen molar-refractivity contribution in [3.05, 3.63) is 117 Å². The number of carbonyl (C=O) groups excluding carboxylic acids is 8. The van der Waals surface area contributed by atoms with Crippen LogP contribution >= 0.6 is 0 Å². The van der Waals surface area contributed by atoms with Gasteiger partial charge in [0.15, 0.2) is 0 Å². The number of nitrogens with zero attached hydrogens (tertiary/aromatic N) is 2. The van der Waals surface area contributed by atoms with Gasteiger partial charge in [-0.2, -0.15) is 0 Å². The number of amides is 8. The first-order chi connectivity index (χ1) is 27.6. The van der Waals surface area contributed by atoms with Crippen molar-refractivity contribution in [3.63, 3.8) is 0 Å². The van der Waals surface area contributed by atoms with Gasteiger partial charge in [0.05, 0.1) is 13.1 Å². The summed E-state index contributed by atoms with van der Waals surface area (Å²) >= 11 is 0. The second kappa shape index (κ2) is 15.7. The van der Waals surface area contributed by atoms with Crippen LogP contribution in [0.5, 0.6) is 0 Å². The summed E-state index contributed by atoms with van der Waals surface area (Å²) in [6.45, 7) is 8.83. The molecule has 0 aliphatic carbocycles. The molecule has 0 unspecified atom stereocenters. The number of rotatable bonds is 3. The molecule has 11 aliphatic heterocycles. The SMILES string of the molecule is CC(C)C[C@@H]1NC(=O)[C@H](C(C)C)NC(=O)c2ccc(cc2)CN2C(=O)c3ccc4c5c(ccc(c35)C2=O)C(=O)N(Cc2ccc(cc2)CNC(=O)[C@H](C)NC1=O)C4=O. The average Bonchev–Trinajstić information content (AvgIpc) is 3.19. The lowest BCUT2D eigenvalue weighted by atomic mass is 9.85.